The Labute approximate surface area is 193 Å². The van der Waals surface area contributed by atoms with Crippen LogP contribution in [0.2, 0.25) is 5.02 Å². The molecule has 2 N–H and O–H groups in total. The summed E-state index contributed by atoms with van der Waals surface area (Å²) in [5, 5.41) is 6.80. The van der Waals surface area contributed by atoms with E-state index >= 15 is 0 Å². The van der Waals surface area contributed by atoms with Crippen molar-refractivity contribution in [3.05, 3.63) is 35.1 Å². The van der Waals surface area contributed by atoms with Gasteiger partial charge in [0.05, 0.1) is 39.6 Å². The topological polar surface area (TPSA) is 102 Å². The van der Waals surface area contributed by atoms with Gasteiger partial charge in [0.2, 0.25) is 5.88 Å². The average Bonchev–Trinajstić information content (AvgIpc) is 2.70. The number of halogens is 1. The van der Waals surface area contributed by atoms with Gasteiger partial charge in [-0.1, -0.05) is 18.0 Å². The third kappa shape index (κ3) is 4.31. The van der Waals surface area contributed by atoms with E-state index in [9.17, 15) is 8.42 Å². The summed E-state index contributed by atoms with van der Waals surface area (Å²) in [4.78, 5) is 8.94. The molecule has 2 aromatic rings. The number of fused-ring (bicyclic) bond motifs is 2. The molecule has 2 atom stereocenters. The Morgan fingerprint density at radius 3 is 2.59 bits per heavy atom. The number of piperidine rings is 1. The molecule has 2 bridgehead atoms. The largest absolute Gasteiger partial charge is 0.474 e. The molecule has 2 aliphatic heterocycles. The fraction of sp³-hybridized carbons (Fsp3) is 0.545. The third-order valence-electron chi connectivity index (χ3n) is 6.53. The molecule has 32 heavy (non-hydrogen) atoms. The summed E-state index contributed by atoms with van der Waals surface area (Å²) in [7, 11) is -3.32. The van der Waals surface area contributed by atoms with Crippen LogP contribution >= 0.6 is 11.6 Å². The van der Waals surface area contributed by atoms with Crippen LogP contribution in [0.15, 0.2) is 29.4 Å². The van der Waals surface area contributed by atoms with Crippen molar-refractivity contribution in [1.82, 2.24) is 15.3 Å². The lowest BCUT2D eigenvalue weighted by atomic mass is 9.95. The van der Waals surface area contributed by atoms with Crippen molar-refractivity contribution in [1.29, 1.82) is 0 Å². The normalized spacial score (nSPS) is 25.8. The van der Waals surface area contributed by atoms with E-state index in [0.717, 1.165) is 24.8 Å². The number of anilines is 2. The molecule has 1 saturated carbocycles. The fourth-order valence-electron chi connectivity index (χ4n) is 4.49. The quantitative estimate of drug-likeness (QED) is 0.651. The molecule has 1 aromatic heterocycles. The third-order valence-corrected chi connectivity index (χ3v) is 9.11. The smallest absolute Gasteiger partial charge is 0.221 e. The van der Waals surface area contributed by atoms with E-state index in [2.05, 4.69) is 20.6 Å². The first-order valence-electron chi connectivity index (χ1n) is 11.0. The van der Waals surface area contributed by atoms with Gasteiger partial charge in [-0.15, -0.1) is 0 Å². The van der Waals surface area contributed by atoms with Gasteiger partial charge in [-0.05, 0) is 38.0 Å². The second-order valence-corrected chi connectivity index (χ2v) is 11.5. The number of aromatic nitrogens is 2. The number of rotatable bonds is 6. The van der Waals surface area contributed by atoms with Crippen LogP contribution in [0.5, 0.6) is 5.88 Å². The van der Waals surface area contributed by atoms with Gasteiger partial charge in [-0.25, -0.2) is 18.4 Å². The zero-order chi connectivity index (χ0) is 22.3. The summed E-state index contributed by atoms with van der Waals surface area (Å²) in [5.74, 6) is 1.11. The van der Waals surface area contributed by atoms with Gasteiger partial charge in [0, 0.05) is 24.9 Å². The molecule has 0 amide bonds. The zero-order valence-electron chi connectivity index (χ0n) is 17.9. The molecule has 0 radical (unpaired) electrons. The molecular weight excluding hydrogens is 452 g/mol. The maximum atomic E-state index is 12.7. The summed E-state index contributed by atoms with van der Waals surface area (Å²) in [6.45, 7) is 3.31. The molecule has 10 heteroatoms. The van der Waals surface area contributed by atoms with Crippen molar-refractivity contribution in [2.24, 2.45) is 0 Å². The summed E-state index contributed by atoms with van der Waals surface area (Å²) in [6.07, 6.45) is 5.65. The molecule has 3 fully saturated rings. The molecule has 1 aliphatic carbocycles. The number of ether oxygens (including phenoxy) is 2. The van der Waals surface area contributed by atoms with Crippen LogP contribution in [0, 0.1) is 6.92 Å². The Morgan fingerprint density at radius 2 is 1.94 bits per heavy atom. The zero-order valence-corrected chi connectivity index (χ0v) is 19.5. The van der Waals surface area contributed by atoms with E-state index in [1.807, 2.05) is 6.92 Å². The highest BCUT2D eigenvalue weighted by atomic mass is 35.5. The van der Waals surface area contributed by atoms with E-state index in [1.54, 1.807) is 12.1 Å². The van der Waals surface area contributed by atoms with Crippen molar-refractivity contribution in [3.8, 4) is 5.88 Å². The van der Waals surface area contributed by atoms with Crippen LogP contribution in [-0.2, 0) is 14.6 Å². The van der Waals surface area contributed by atoms with Crippen LogP contribution in [0.4, 0.5) is 11.5 Å². The molecular formula is C22H27ClN4O4S. The maximum absolute atomic E-state index is 12.7. The van der Waals surface area contributed by atoms with Gasteiger partial charge in [-0.3, -0.25) is 0 Å². The fourth-order valence-corrected chi connectivity index (χ4v) is 6.66. The van der Waals surface area contributed by atoms with Crippen molar-refractivity contribution in [3.63, 3.8) is 0 Å². The first-order chi connectivity index (χ1) is 15.4. The molecule has 1 aromatic carbocycles. The van der Waals surface area contributed by atoms with E-state index in [1.165, 1.54) is 12.4 Å². The minimum Gasteiger partial charge on any atom is -0.474 e. The lowest BCUT2D eigenvalue weighted by molar-refractivity contribution is -0.0134. The molecule has 172 valence electrons. The SMILES string of the molecule is Cc1c(Nc2ccc(S(=O)(=O)C3CCC3)cc2Cl)ncnc1OC1CC2COCC(C1)N2. The molecule has 5 rings (SSSR count). The first-order valence-corrected chi connectivity index (χ1v) is 12.9. The molecule has 2 unspecified atom stereocenters. The molecule has 3 aliphatic rings. The second kappa shape index (κ2) is 8.78. The lowest BCUT2D eigenvalue weighted by Crippen LogP contribution is -2.56. The number of sulfone groups is 1. The van der Waals surface area contributed by atoms with Crippen molar-refractivity contribution in [2.45, 2.75) is 67.4 Å². The monoisotopic (exact) mass is 478 g/mol. The Kier molecular flexibility index (Phi) is 6.00. The van der Waals surface area contributed by atoms with Crippen LogP contribution < -0.4 is 15.4 Å². The highest BCUT2D eigenvalue weighted by Crippen LogP contribution is 2.35. The number of hydrogen-bond acceptors (Lipinski definition) is 8. The van der Waals surface area contributed by atoms with Crippen LogP contribution in [0.3, 0.4) is 0 Å². The minimum absolute atomic E-state index is 0.0659. The highest BCUT2D eigenvalue weighted by Gasteiger charge is 2.34. The van der Waals surface area contributed by atoms with Gasteiger partial charge in [-0.2, -0.15) is 0 Å². The van der Waals surface area contributed by atoms with Crippen LogP contribution in [0.1, 0.15) is 37.7 Å². The molecule has 3 heterocycles. The Balaban J connectivity index is 1.31. The Bertz CT molecular complexity index is 1100. The van der Waals surface area contributed by atoms with Crippen LogP contribution in [-0.4, -0.2) is 55.0 Å². The van der Waals surface area contributed by atoms with Crippen LogP contribution in [0.25, 0.3) is 0 Å². The van der Waals surface area contributed by atoms with Gasteiger partial charge in [0.25, 0.3) is 0 Å². The van der Waals surface area contributed by atoms with Crippen molar-refractivity contribution in [2.75, 3.05) is 18.5 Å². The molecule has 0 spiro atoms. The van der Waals surface area contributed by atoms with Crippen molar-refractivity contribution < 1.29 is 17.9 Å². The lowest BCUT2D eigenvalue weighted by Gasteiger charge is -2.39. The van der Waals surface area contributed by atoms with Gasteiger partial charge in [0.1, 0.15) is 18.2 Å². The molecule has 2 saturated heterocycles. The van der Waals surface area contributed by atoms with Crippen molar-refractivity contribution >= 4 is 32.9 Å². The number of morpholine rings is 1. The summed E-state index contributed by atoms with van der Waals surface area (Å²) < 4.78 is 37.2. The minimum atomic E-state index is -3.32. The summed E-state index contributed by atoms with van der Waals surface area (Å²) in [6, 6.07) is 5.42. The van der Waals surface area contributed by atoms with E-state index in [4.69, 9.17) is 21.1 Å². The number of nitrogens with one attached hydrogen (secondary N) is 2. The number of hydrogen-bond donors (Lipinski definition) is 2. The Morgan fingerprint density at radius 1 is 1.19 bits per heavy atom. The summed E-state index contributed by atoms with van der Waals surface area (Å²) in [5.41, 5.74) is 1.36. The summed E-state index contributed by atoms with van der Waals surface area (Å²) >= 11 is 6.43. The van der Waals surface area contributed by atoms with E-state index < -0.39 is 9.84 Å². The van der Waals surface area contributed by atoms with Gasteiger partial charge in [0.15, 0.2) is 9.84 Å². The standard InChI is InChI=1S/C22H27ClN4O4S/c1-13-21(24-12-25-22(13)31-16-7-14-10-30-11-15(8-16)26-14)27-20-6-5-18(9-19(20)23)32(28,29)17-3-2-4-17/h5-6,9,12,14-17,26H,2-4,7-8,10-11H2,1H3,(H,24,25,27). The number of benzene rings is 1. The second-order valence-electron chi connectivity index (χ2n) is 8.83. The average molecular weight is 479 g/mol. The predicted octanol–water partition coefficient (Wildman–Crippen LogP) is 3.41. The number of nitrogens with zero attached hydrogens (tertiary/aromatic N) is 2. The Hall–Kier alpha value is -1.94. The first kappa shape index (κ1) is 21.9. The molecule has 8 nitrogen and oxygen atoms in total. The highest BCUT2D eigenvalue weighted by molar-refractivity contribution is 7.92. The van der Waals surface area contributed by atoms with Gasteiger partial charge >= 0.3 is 0 Å². The van der Waals surface area contributed by atoms with E-state index in [0.29, 0.717) is 60.5 Å². The van der Waals surface area contributed by atoms with Gasteiger partial charge < -0.3 is 20.1 Å². The maximum Gasteiger partial charge on any atom is 0.221 e. The van der Waals surface area contributed by atoms with E-state index in [-0.39, 0.29) is 16.2 Å². The predicted molar refractivity (Wildman–Crippen MR) is 122 cm³/mol.